The van der Waals surface area contributed by atoms with Crippen LogP contribution in [0, 0.1) is 6.92 Å². The van der Waals surface area contributed by atoms with E-state index in [0.717, 1.165) is 59.1 Å². The number of thioether (sulfide) groups is 1. The van der Waals surface area contributed by atoms with Crippen LogP contribution in [0.15, 0.2) is 20.2 Å². The highest BCUT2D eigenvalue weighted by molar-refractivity contribution is 8.26. The summed E-state index contributed by atoms with van der Waals surface area (Å²) in [5, 5.41) is 9.97. The molecule has 7 nitrogen and oxygen atoms in total. The molecule has 5 rings (SSSR count). The van der Waals surface area contributed by atoms with E-state index in [1.165, 1.54) is 17.3 Å². The Morgan fingerprint density at radius 3 is 2.51 bits per heavy atom. The molecule has 0 aliphatic carbocycles. The maximum atomic E-state index is 13.3. The minimum atomic E-state index is -1.15. The SMILES string of the molecule is Cc1c(C=C2SC(=S)N(CC(=O)O)C2=O)c(=O)oc2c3c4c(cc12)C(C)(C)CCN4CCC3(C)C. The summed E-state index contributed by atoms with van der Waals surface area (Å²) in [4.78, 5) is 40.9. The quantitative estimate of drug-likeness (QED) is 0.364. The van der Waals surface area contributed by atoms with Crippen LogP contribution in [0.3, 0.4) is 0 Å². The molecule has 3 aliphatic heterocycles. The molecule has 0 bridgehead atoms. The Morgan fingerprint density at radius 2 is 1.86 bits per heavy atom. The lowest BCUT2D eigenvalue weighted by atomic mass is 9.69. The molecule has 1 aromatic carbocycles. The smallest absolute Gasteiger partial charge is 0.343 e. The number of aryl methyl sites for hydroxylation is 1. The molecule has 1 saturated heterocycles. The van der Waals surface area contributed by atoms with Gasteiger partial charge in [-0.25, -0.2) is 4.79 Å². The molecule has 35 heavy (non-hydrogen) atoms. The molecule has 4 heterocycles. The highest BCUT2D eigenvalue weighted by atomic mass is 32.2. The number of aliphatic carboxylic acids is 1. The number of nitrogens with zero attached hydrogens (tertiary/aromatic N) is 2. The maximum Gasteiger partial charge on any atom is 0.343 e. The van der Waals surface area contributed by atoms with Gasteiger partial charge in [-0.05, 0) is 53.9 Å². The van der Waals surface area contributed by atoms with Crippen LogP contribution in [-0.2, 0) is 20.4 Å². The summed E-state index contributed by atoms with van der Waals surface area (Å²) in [6.45, 7) is 12.3. The van der Waals surface area contributed by atoms with Gasteiger partial charge in [0.05, 0.1) is 10.5 Å². The van der Waals surface area contributed by atoms with Crippen LogP contribution in [0.1, 0.15) is 62.8 Å². The molecular formula is C26H28N2O5S2. The van der Waals surface area contributed by atoms with E-state index in [9.17, 15) is 14.4 Å². The van der Waals surface area contributed by atoms with Crippen LogP contribution in [-0.4, -0.2) is 45.8 Å². The summed E-state index contributed by atoms with van der Waals surface area (Å²) in [6, 6.07) is 2.16. The van der Waals surface area contributed by atoms with Crippen LogP contribution in [0.4, 0.5) is 5.69 Å². The summed E-state index contributed by atoms with van der Waals surface area (Å²) >= 11 is 6.20. The van der Waals surface area contributed by atoms with Crippen LogP contribution >= 0.6 is 24.0 Å². The number of amides is 1. The van der Waals surface area contributed by atoms with Crippen LogP contribution in [0.25, 0.3) is 17.0 Å². The topological polar surface area (TPSA) is 91.1 Å². The monoisotopic (exact) mass is 512 g/mol. The van der Waals surface area contributed by atoms with Crippen molar-refractivity contribution in [1.29, 1.82) is 0 Å². The number of carboxylic acid groups (broad SMARTS) is 1. The minimum Gasteiger partial charge on any atom is -0.480 e. The molecule has 0 radical (unpaired) electrons. The first kappa shape index (κ1) is 24.1. The number of fused-ring (bicyclic) bond motifs is 2. The summed E-state index contributed by atoms with van der Waals surface area (Å²) in [5.74, 6) is -1.67. The zero-order valence-electron chi connectivity index (χ0n) is 20.5. The van der Waals surface area contributed by atoms with Crippen molar-refractivity contribution >= 4 is 62.9 Å². The molecule has 9 heteroatoms. The van der Waals surface area contributed by atoms with Gasteiger partial charge in [-0.3, -0.25) is 14.5 Å². The third-order valence-corrected chi connectivity index (χ3v) is 9.03. The molecule has 3 aliphatic rings. The maximum absolute atomic E-state index is 13.3. The molecule has 0 spiro atoms. The minimum absolute atomic E-state index is 0.0236. The fourth-order valence-corrected chi connectivity index (χ4v) is 6.69. The molecule has 1 amide bonds. The Kier molecular flexibility index (Phi) is 5.45. The second-order valence-corrected chi connectivity index (χ2v) is 12.5. The number of hydrogen-bond donors (Lipinski definition) is 1. The normalized spacial score (nSPS) is 21.7. The van der Waals surface area contributed by atoms with E-state index in [4.69, 9.17) is 21.7 Å². The van der Waals surface area contributed by atoms with Gasteiger partial charge < -0.3 is 14.4 Å². The second kappa shape index (κ2) is 7.93. The lowest BCUT2D eigenvalue weighted by molar-refractivity contribution is -0.140. The average Bonchev–Trinajstić information content (AvgIpc) is 3.01. The highest BCUT2D eigenvalue weighted by Crippen LogP contribution is 2.52. The predicted octanol–water partition coefficient (Wildman–Crippen LogP) is 4.56. The predicted molar refractivity (Wildman–Crippen MR) is 142 cm³/mol. The van der Waals surface area contributed by atoms with Gasteiger partial charge in [0.2, 0.25) is 0 Å². The second-order valence-electron chi connectivity index (χ2n) is 10.9. The number of rotatable bonds is 3. The van der Waals surface area contributed by atoms with E-state index in [1.807, 2.05) is 6.92 Å². The Balaban J connectivity index is 1.74. The van der Waals surface area contributed by atoms with Crippen molar-refractivity contribution in [3.05, 3.63) is 43.6 Å². The van der Waals surface area contributed by atoms with Crippen molar-refractivity contribution in [3.8, 4) is 0 Å². The molecule has 2 aromatic rings. The number of carbonyl (C=O) groups is 2. The molecule has 0 atom stereocenters. The zero-order chi connectivity index (χ0) is 25.4. The molecule has 1 aromatic heterocycles. The Hall–Kier alpha value is -2.65. The van der Waals surface area contributed by atoms with E-state index in [0.29, 0.717) is 11.1 Å². The molecular weight excluding hydrogens is 484 g/mol. The standard InChI is InChI=1S/C26H28N2O5S2/c1-13-14-10-16-20-19(26(4,5)7-9-27(20)8-6-25(16,2)3)21(14)33-23(32)15(13)11-17-22(31)28(12-18(29)30)24(34)35-17/h10-11H,6-9,12H2,1-5H3,(H,29,30). The van der Waals surface area contributed by atoms with E-state index >= 15 is 0 Å². The fourth-order valence-electron chi connectivity index (χ4n) is 5.45. The number of carbonyl (C=O) groups excluding carboxylic acids is 1. The van der Waals surface area contributed by atoms with Gasteiger partial charge >= 0.3 is 11.6 Å². The first-order valence-electron chi connectivity index (χ1n) is 11.7. The van der Waals surface area contributed by atoms with Crippen LogP contribution in [0.2, 0.25) is 0 Å². The first-order valence-corrected chi connectivity index (χ1v) is 12.9. The fraction of sp³-hybridized carbons (Fsp3) is 0.462. The summed E-state index contributed by atoms with van der Waals surface area (Å²) in [7, 11) is 0. The van der Waals surface area contributed by atoms with Crippen LogP contribution in [0.5, 0.6) is 0 Å². The molecule has 1 fully saturated rings. The Morgan fingerprint density at radius 1 is 1.20 bits per heavy atom. The summed E-state index contributed by atoms with van der Waals surface area (Å²) in [6.07, 6.45) is 3.50. The number of anilines is 1. The molecule has 184 valence electrons. The van der Waals surface area contributed by atoms with E-state index < -0.39 is 24.0 Å². The highest BCUT2D eigenvalue weighted by Gasteiger charge is 2.42. The largest absolute Gasteiger partial charge is 0.480 e. The van der Waals surface area contributed by atoms with Gasteiger partial charge in [0, 0.05) is 29.7 Å². The molecule has 1 N–H and O–H groups in total. The molecule has 0 saturated carbocycles. The average molecular weight is 513 g/mol. The molecule has 0 unspecified atom stereocenters. The number of benzene rings is 1. The van der Waals surface area contributed by atoms with E-state index in [2.05, 4.69) is 38.7 Å². The van der Waals surface area contributed by atoms with Gasteiger partial charge in [-0.15, -0.1) is 0 Å². The first-order chi connectivity index (χ1) is 16.3. The van der Waals surface area contributed by atoms with Gasteiger partial charge in [-0.1, -0.05) is 51.7 Å². The summed E-state index contributed by atoms with van der Waals surface area (Å²) < 4.78 is 6.18. The van der Waals surface area contributed by atoms with Gasteiger partial charge in [0.1, 0.15) is 16.4 Å². The number of thiocarbonyl (C=S) groups is 1. The third kappa shape index (κ3) is 3.71. The van der Waals surface area contributed by atoms with Crippen molar-refractivity contribution in [3.63, 3.8) is 0 Å². The van der Waals surface area contributed by atoms with Crippen molar-refractivity contribution < 1.29 is 19.1 Å². The van der Waals surface area contributed by atoms with Crippen molar-refractivity contribution in [2.24, 2.45) is 0 Å². The van der Waals surface area contributed by atoms with E-state index in [1.54, 1.807) is 0 Å². The van der Waals surface area contributed by atoms with Gasteiger partial charge in [-0.2, -0.15) is 0 Å². The van der Waals surface area contributed by atoms with Crippen molar-refractivity contribution in [2.75, 3.05) is 24.5 Å². The van der Waals surface area contributed by atoms with Crippen molar-refractivity contribution in [1.82, 2.24) is 4.90 Å². The third-order valence-electron chi connectivity index (χ3n) is 7.65. The summed E-state index contributed by atoms with van der Waals surface area (Å²) in [5.41, 5.74) is 4.51. The Bertz CT molecular complexity index is 1420. The van der Waals surface area contributed by atoms with Gasteiger partial charge in [0.15, 0.2) is 0 Å². The van der Waals surface area contributed by atoms with E-state index in [-0.39, 0.29) is 20.1 Å². The van der Waals surface area contributed by atoms with Crippen molar-refractivity contribution in [2.45, 2.75) is 58.3 Å². The number of carboxylic acids is 1. The zero-order valence-corrected chi connectivity index (χ0v) is 22.1. The number of hydrogen-bond acceptors (Lipinski definition) is 7. The lowest BCUT2D eigenvalue weighted by Crippen LogP contribution is -2.44. The van der Waals surface area contributed by atoms with Crippen LogP contribution < -0.4 is 10.5 Å². The Labute approximate surface area is 213 Å². The van der Waals surface area contributed by atoms with Gasteiger partial charge in [0.25, 0.3) is 5.91 Å². The lowest BCUT2D eigenvalue weighted by Gasteiger charge is -2.48.